The van der Waals surface area contributed by atoms with Crippen molar-refractivity contribution < 1.29 is 19.3 Å². The summed E-state index contributed by atoms with van der Waals surface area (Å²) in [5.74, 6) is 2.12. The van der Waals surface area contributed by atoms with Gasteiger partial charge in [0.05, 0.1) is 0 Å². The zero-order valence-corrected chi connectivity index (χ0v) is 12.2. The average molecular weight is 291 g/mol. The molecule has 2 heterocycles. The third kappa shape index (κ3) is 3.68. The molecule has 1 unspecified atom stereocenters. The summed E-state index contributed by atoms with van der Waals surface area (Å²) in [6, 6.07) is 5.44. The molecule has 0 bridgehead atoms. The van der Waals surface area contributed by atoms with Crippen LogP contribution in [-0.2, 0) is 0 Å². The highest BCUT2D eigenvalue weighted by molar-refractivity contribution is 5.46. The van der Waals surface area contributed by atoms with Gasteiger partial charge >= 0.3 is 0 Å². The Hall–Kier alpha value is -1.72. The van der Waals surface area contributed by atoms with Gasteiger partial charge in [0.15, 0.2) is 11.5 Å². The van der Waals surface area contributed by atoms with E-state index in [0.717, 1.165) is 25.3 Å². The molecule has 1 aromatic rings. The third-order valence-electron chi connectivity index (χ3n) is 3.78. The van der Waals surface area contributed by atoms with Crippen molar-refractivity contribution in [1.82, 2.24) is 4.90 Å². The summed E-state index contributed by atoms with van der Waals surface area (Å²) in [4.78, 5) is 2.24. The van der Waals surface area contributed by atoms with Crippen molar-refractivity contribution in [2.75, 3.05) is 33.0 Å². The van der Waals surface area contributed by atoms with Gasteiger partial charge in [-0.2, -0.15) is 0 Å². The van der Waals surface area contributed by atoms with Crippen LogP contribution in [-0.4, -0.2) is 49.1 Å². The smallest absolute Gasteiger partial charge is 0.231 e. The molecule has 0 amide bonds. The highest BCUT2D eigenvalue weighted by atomic mass is 16.7. The molecule has 5 heteroatoms. The van der Waals surface area contributed by atoms with E-state index in [9.17, 15) is 5.11 Å². The zero-order chi connectivity index (χ0) is 14.7. The Labute approximate surface area is 124 Å². The number of benzene rings is 1. The van der Waals surface area contributed by atoms with Crippen molar-refractivity contribution in [3.63, 3.8) is 0 Å². The fourth-order valence-electron chi connectivity index (χ4n) is 2.49. The van der Waals surface area contributed by atoms with Crippen molar-refractivity contribution in [2.45, 2.75) is 19.4 Å². The molecular weight excluding hydrogens is 270 g/mol. The molecule has 3 rings (SSSR count). The summed E-state index contributed by atoms with van der Waals surface area (Å²) in [5.41, 5.74) is 1.43. The lowest BCUT2D eigenvalue weighted by atomic mass is 10.1. The van der Waals surface area contributed by atoms with Gasteiger partial charge in [0.25, 0.3) is 0 Å². The highest BCUT2D eigenvalue weighted by Gasteiger charge is 2.16. The van der Waals surface area contributed by atoms with Gasteiger partial charge in [-0.15, -0.1) is 0 Å². The molecule has 0 saturated heterocycles. The van der Waals surface area contributed by atoms with E-state index in [4.69, 9.17) is 14.2 Å². The first-order valence-electron chi connectivity index (χ1n) is 7.29. The number of ether oxygens (including phenoxy) is 3. The summed E-state index contributed by atoms with van der Waals surface area (Å²) < 4.78 is 16.2. The second kappa shape index (κ2) is 6.37. The lowest BCUT2D eigenvalue weighted by Gasteiger charge is -2.27. The third-order valence-corrected chi connectivity index (χ3v) is 3.78. The first-order chi connectivity index (χ1) is 10.2. The van der Waals surface area contributed by atoms with Gasteiger partial charge in [-0.05, 0) is 25.5 Å². The molecule has 0 spiro atoms. The highest BCUT2D eigenvalue weighted by Crippen LogP contribution is 2.35. The summed E-state index contributed by atoms with van der Waals surface area (Å²) in [7, 11) is 0. The molecule has 1 atom stereocenters. The number of hydrogen-bond donors (Lipinski definition) is 1. The van der Waals surface area contributed by atoms with Gasteiger partial charge in [-0.25, -0.2) is 0 Å². The number of aliphatic hydroxyl groups is 1. The summed E-state index contributed by atoms with van der Waals surface area (Å²) in [5, 5.41) is 10.1. The fraction of sp³-hybridized carbons (Fsp3) is 0.500. The van der Waals surface area contributed by atoms with Crippen LogP contribution in [0.25, 0.3) is 0 Å². The van der Waals surface area contributed by atoms with Gasteiger partial charge in [-0.3, -0.25) is 4.90 Å². The van der Waals surface area contributed by atoms with Crippen LogP contribution in [0.5, 0.6) is 17.2 Å². The van der Waals surface area contributed by atoms with Gasteiger partial charge in [0, 0.05) is 25.7 Å². The number of β-amino-alcohol motifs (C(OH)–C–C–N with tert-alkyl or cyclic N) is 1. The van der Waals surface area contributed by atoms with Crippen LogP contribution in [0.15, 0.2) is 29.8 Å². The Morgan fingerprint density at radius 3 is 3.00 bits per heavy atom. The van der Waals surface area contributed by atoms with E-state index in [0.29, 0.717) is 18.0 Å². The minimum atomic E-state index is -0.498. The molecule has 21 heavy (non-hydrogen) atoms. The minimum absolute atomic E-state index is 0.253. The van der Waals surface area contributed by atoms with Crippen molar-refractivity contribution in [3.8, 4) is 17.2 Å². The average Bonchev–Trinajstić information content (AvgIpc) is 2.95. The van der Waals surface area contributed by atoms with E-state index < -0.39 is 6.10 Å². The van der Waals surface area contributed by atoms with Crippen molar-refractivity contribution in [2.24, 2.45) is 0 Å². The molecule has 114 valence electrons. The Balaban J connectivity index is 1.46. The van der Waals surface area contributed by atoms with Crippen LogP contribution in [0.3, 0.4) is 0 Å². The summed E-state index contributed by atoms with van der Waals surface area (Å²) in [6.45, 7) is 5.23. The molecule has 2 aliphatic heterocycles. The van der Waals surface area contributed by atoms with Crippen LogP contribution >= 0.6 is 0 Å². The number of nitrogens with zero attached hydrogens (tertiary/aromatic N) is 1. The van der Waals surface area contributed by atoms with Gasteiger partial charge in [0.2, 0.25) is 6.79 Å². The van der Waals surface area contributed by atoms with E-state index in [2.05, 4.69) is 17.9 Å². The second-order valence-corrected chi connectivity index (χ2v) is 5.54. The summed E-state index contributed by atoms with van der Waals surface area (Å²) >= 11 is 0. The lowest BCUT2D eigenvalue weighted by molar-refractivity contribution is 0.0708. The van der Waals surface area contributed by atoms with Crippen LogP contribution in [0.2, 0.25) is 0 Å². The molecule has 0 radical (unpaired) electrons. The largest absolute Gasteiger partial charge is 0.491 e. The maximum atomic E-state index is 10.1. The molecule has 5 nitrogen and oxygen atoms in total. The van der Waals surface area contributed by atoms with Crippen LogP contribution in [0.1, 0.15) is 13.3 Å². The van der Waals surface area contributed by atoms with Crippen LogP contribution in [0, 0.1) is 0 Å². The number of hydrogen-bond acceptors (Lipinski definition) is 5. The number of aliphatic hydroxyl groups excluding tert-OH is 1. The van der Waals surface area contributed by atoms with E-state index in [1.54, 1.807) is 6.07 Å². The second-order valence-electron chi connectivity index (χ2n) is 5.54. The Kier molecular flexibility index (Phi) is 4.31. The van der Waals surface area contributed by atoms with Gasteiger partial charge in [0.1, 0.15) is 18.5 Å². The number of fused-ring (bicyclic) bond motifs is 1. The summed E-state index contributed by atoms with van der Waals surface area (Å²) in [6.07, 6.45) is 2.80. The zero-order valence-electron chi connectivity index (χ0n) is 12.2. The topological polar surface area (TPSA) is 51.2 Å². The van der Waals surface area contributed by atoms with Crippen LogP contribution in [0.4, 0.5) is 0 Å². The molecule has 0 aromatic heterocycles. The van der Waals surface area contributed by atoms with Crippen molar-refractivity contribution in [1.29, 1.82) is 0 Å². The molecule has 0 fully saturated rings. The quantitative estimate of drug-likeness (QED) is 0.839. The predicted octanol–water partition coefficient (Wildman–Crippen LogP) is 1.81. The fourth-order valence-corrected chi connectivity index (χ4v) is 2.49. The Morgan fingerprint density at radius 2 is 2.19 bits per heavy atom. The van der Waals surface area contributed by atoms with Crippen molar-refractivity contribution in [3.05, 3.63) is 29.8 Å². The molecular formula is C16H21NO4. The molecule has 1 aromatic carbocycles. The monoisotopic (exact) mass is 291 g/mol. The van der Waals surface area contributed by atoms with E-state index in [-0.39, 0.29) is 13.4 Å². The normalized spacial score (nSPS) is 19.2. The predicted molar refractivity (Wildman–Crippen MR) is 78.9 cm³/mol. The van der Waals surface area contributed by atoms with Gasteiger partial charge < -0.3 is 19.3 Å². The standard InChI is InChI=1S/C16H21NO4/c1-12-4-6-17(7-5-12)9-13(18)10-19-14-2-3-15-16(8-14)21-11-20-15/h2-4,8,13,18H,5-7,9-11H2,1H3. The van der Waals surface area contributed by atoms with E-state index >= 15 is 0 Å². The first kappa shape index (κ1) is 14.2. The molecule has 1 N–H and O–H groups in total. The molecule has 0 aliphatic carbocycles. The Morgan fingerprint density at radius 1 is 1.33 bits per heavy atom. The maximum absolute atomic E-state index is 10.1. The Bertz CT molecular complexity index is 529. The van der Waals surface area contributed by atoms with Gasteiger partial charge in [-0.1, -0.05) is 11.6 Å². The SMILES string of the molecule is CC1=CCN(CC(O)COc2ccc3c(c2)OCO3)CC1. The molecule has 2 aliphatic rings. The van der Waals surface area contributed by atoms with Crippen molar-refractivity contribution >= 4 is 0 Å². The van der Waals surface area contributed by atoms with E-state index in [1.165, 1.54) is 5.57 Å². The maximum Gasteiger partial charge on any atom is 0.231 e. The number of rotatable bonds is 5. The minimum Gasteiger partial charge on any atom is -0.491 e. The first-order valence-corrected chi connectivity index (χ1v) is 7.29. The van der Waals surface area contributed by atoms with E-state index in [1.807, 2.05) is 12.1 Å². The molecule has 0 saturated carbocycles. The van der Waals surface area contributed by atoms with Crippen LogP contribution < -0.4 is 14.2 Å². The lowest BCUT2D eigenvalue weighted by Crippen LogP contribution is -2.38.